The number of esters is 1. The van der Waals surface area contributed by atoms with Gasteiger partial charge < -0.3 is 19.5 Å². The van der Waals surface area contributed by atoms with Crippen molar-refractivity contribution in [3.63, 3.8) is 0 Å². The highest BCUT2D eigenvalue weighted by Gasteiger charge is 2.33. The molecular formula is C22H22ClF3N2O7. The van der Waals surface area contributed by atoms with Crippen LogP contribution in [0.15, 0.2) is 30.3 Å². The van der Waals surface area contributed by atoms with Crippen molar-refractivity contribution in [1.29, 1.82) is 0 Å². The molecule has 0 saturated heterocycles. The molecule has 2 aromatic rings. The Kier molecular flexibility index (Phi) is 8.91. The van der Waals surface area contributed by atoms with E-state index in [0.29, 0.717) is 0 Å². The number of hydrogen-bond donors (Lipinski definition) is 1. The summed E-state index contributed by atoms with van der Waals surface area (Å²) in [5.74, 6) is -3.13. The van der Waals surface area contributed by atoms with Gasteiger partial charge in [0.2, 0.25) is 5.75 Å². The van der Waals surface area contributed by atoms with Crippen molar-refractivity contribution < 1.29 is 41.9 Å². The normalized spacial score (nSPS) is 12.1. The standard InChI is InChI=1S/C22H22ClF3N2O7/c1-22(2,3)35-21(30)27-15(20(29)33-4)9-11-5-7-13(19(25)26)18(17(11)28(31)32)34-16-10-12(24)6-8-14(16)23/h5-8,10,15,19H,9H2,1-4H3,(H,27,30)/t15-/m1/s1. The molecule has 0 bridgehead atoms. The SMILES string of the molecule is COC(=O)[C@@H](Cc1ccc(C(F)F)c(Oc2cc(F)ccc2Cl)c1[N+](=O)[O-])NC(=O)OC(C)(C)C. The van der Waals surface area contributed by atoms with Crippen LogP contribution in [0.1, 0.15) is 38.3 Å². The molecule has 1 amide bonds. The number of nitro groups is 1. The first-order valence-electron chi connectivity index (χ1n) is 10.0. The van der Waals surface area contributed by atoms with Gasteiger partial charge >= 0.3 is 17.7 Å². The number of halogens is 4. The van der Waals surface area contributed by atoms with E-state index in [1.807, 2.05) is 0 Å². The van der Waals surface area contributed by atoms with Crippen LogP contribution in [0.2, 0.25) is 5.02 Å². The Hall–Kier alpha value is -3.54. The number of carbonyl (C=O) groups is 2. The Morgan fingerprint density at radius 2 is 1.86 bits per heavy atom. The first kappa shape index (κ1) is 27.7. The van der Waals surface area contributed by atoms with E-state index in [0.717, 1.165) is 37.4 Å². The van der Waals surface area contributed by atoms with Crippen LogP contribution in [0.5, 0.6) is 11.5 Å². The fourth-order valence-electron chi connectivity index (χ4n) is 2.94. The molecule has 0 spiro atoms. The summed E-state index contributed by atoms with van der Waals surface area (Å²) in [6.45, 7) is 4.73. The van der Waals surface area contributed by atoms with Crippen LogP contribution < -0.4 is 10.1 Å². The number of methoxy groups -OCH3 is 1. The molecule has 9 nitrogen and oxygen atoms in total. The van der Waals surface area contributed by atoms with E-state index < -0.39 is 70.0 Å². The first-order chi connectivity index (χ1) is 16.2. The van der Waals surface area contributed by atoms with Crippen molar-refractivity contribution >= 4 is 29.4 Å². The van der Waals surface area contributed by atoms with Crippen molar-refractivity contribution in [1.82, 2.24) is 5.32 Å². The number of nitrogens with one attached hydrogen (secondary N) is 1. The molecule has 2 aromatic carbocycles. The van der Waals surface area contributed by atoms with Crippen LogP contribution in [0.3, 0.4) is 0 Å². The number of ether oxygens (including phenoxy) is 3. The zero-order valence-electron chi connectivity index (χ0n) is 19.1. The Labute approximate surface area is 203 Å². The third kappa shape index (κ3) is 7.47. The highest BCUT2D eigenvalue weighted by atomic mass is 35.5. The van der Waals surface area contributed by atoms with Crippen molar-refractivity contribution in [3.8, 4) is 11.5 Å². The predicted molar refractivity (Wildman–Crippen MR) is 118 cm³/mol. The maximum Gasteiger partial charge on any atom is 0.408 e. The molecule has 0 aliphatic carbocycles. The lowest BCUT2D eigenvalue weighted by atomic mass is 10.0. The van der Waals surface area contributed by atoms with Crippen molar-refractivity contribution in [3.05, 3.63) is 62.4 Å². The van der Waals surface area contributed by atoms with Gasteiger partial charge in [-0.15, -0.1) is 0 Å². The van der Waals surface area contributed by atoms with Gasteiger partial charge in [0.1, 0.15) is 23.2 Å². The van der Waals surface area contributed by atoms with Gasteiger partial charge in [0.05, 0.1) is 22.6 Å². The van der Waals surface area contributed by atoms with Crippen LogP contribution >= 0.6 is 11.6 Å². The fraction of sp³-hybridized carbons (Fsp3) is 0.364. The van der Waals surface area contributed by atoms with E-state index in [1.165, 1.54) is 0 Å². The van der Waals surface area contributed by atoms with Crippen molar-refractivity contribution in [2.24, 2.45) is 0 Å². The quantitative estimate of drug-likeness (QED) is 0.269. The van der Waals surface area contributed by atoms with Gasteiger partial charge in [-0.2, -0.15) is 0 Å². The van der Waals surface area contributed by atoms with Gasteiger partial charge in [0.25, 0.3) is 6.43 Å². The number of alkyl carbamates (subject to hydrolysis) is 1. The number of hydrogen-bond acceptors (Lipinski definition) is 7. The minimum atomic E-state index is -3.21. The summed E-state index contributed by atoms with van der Waals surface area (Å²) in [6, 6.07) is 3.22. The number of benzene rings is 2. The average Bonchev–Trinajstić information content (AvgIpc) is 2.73. The second-order valence-corrected chi connectivity index (χ2v) is 8.56. The largest absolute Gasteiger partial charge is 0.467 e. The molecule has 2 rings (SSSR count). The van der Waals surface area contributed by atoms with Gasteiger partial charge in [-0.25, -0.2) is 22.8 Å². The van der Waals surface area contributed by atoms with E-state index in [-0.39, 0.29) is 10.6 Å². The molecule has 13 heteroatoms. The summed E-state index contributed by atoms with van der Waals surface area (Å²) in [4.78, 5) is 35.4. The molecule has 0 aliphatic rings. The minimum absolute atomic E-state index is 0.189. The maximum atomic E-state index is 13.7. The number of amides is 1. The van der Waals surface area contributed by atoms with Gasteiger partial charge in [0.15, 0.2) is 0 Å². The Balaban J connectivity index is 2.57. The summed E-state index contributed by atoms with van der Waals surface area (Å²) in [5, 5.41) is 14.0. The maximum absolute atomic E-state index is 13.7. The lowest BCUT2D eigenvalue weighted by Crippen LogP contribution is -2.45. The number of rotatable bonds is 8. The Morgan fingerprint density at radius 3 is 2.40 bits per heavy atom. The first-order valence-corrected chi connectivity index (χ1v) is 10.4. The lowest BCUT2D eigenvalue weighted by molar-refractivity contribution is -0.386. The van der Waals surface area contributed by atoms with Crippen LogP contribution in [0.4, 0.5) is 23.7 Å². The van der Waals surface area contributed by atoms with Crippen LogP contribution in [0, 0.1) is 15.9 Å². The highest BCUT2D eigenvalue weighted by Crippen LogP contribution is 2.43. The molecule has 0 saturated carbocycles. The van der Waals surface area contributed by atoms with Gasteiger partial charge in [0, 0.05) is 18.1 Å². The van der Waals surface area contributed by atoms with Crippen LogP contribution in [0.25, 0.3) is 0 Å². The zero-order valence-corrected chi connectivity index (χ0v) is 19.8. The molecule has 0 aromatic heterocycles. The summed E-state index contributed by atoms with van der Waals surface area (Å²) < 4.78 is 56.1. The molecule has 0 fully saturated rings. The van der Waals surface area contributed by atoms with Crippen LogP contribution in [-0.2, 0) is 20.7 Å². The Bertz CT molecular complexity index is 1120. The van der Waals surface area contributed by atoms with Crippen molar-refractivity contribution in [2.75, 3.05) is 7.11 Å². The number of carbonyl (C=O) groups excluding carboxylic acids is 2. The van der Waals surface area contributed by atoms with Gasteiger partial charge in [-0.05, 0) is 39.0 Å². The van der Waals surface area contributed by atoms with Crippen molar-refractivity contribution in [2.45, 2.75) is 45.3 Å². The topological polar surface area (TPSA) is 117 Å². The highest BCUT2D eigenvalue weighted by molar-refractivity contribution is 6.32. The summed E-state index contributed by atoms with van der Waals surface area (Å²) >= 11 is 5.93. The predicted octanol–water partition coefficient (Wildman–Crippen LogP) is 5.73. The number of nitro benzene ring substituents is 1. The second-order valence-electron chi connectivity index (χ2n) is 8.15. The molecule has 0 unspecified atom stereocenters. The van der Waals surface area contributed by atoms with E-state index >= 15 is 0 Å². The van der Waals surface area contributed by atoms with E-state index in [2.05, 4.69) is 10.1 Å². The number of nitrogens with zero attached hydrogens (tertiary/aromatic N) is 1. The molecule has 190 valence electrons. The number of alkyl halides is 2. The van der Waals surface area contributed by atoms with E-state index in [9.17, 15) is 32.9 Å². The second kappa shape index (κ2) is 11.3. The lowest BCUT2D eigenvalue weighted by Gasteiger charge is -2.23. The molecule has 1 atom stereocenters. The summed E-state index contributed by atoms with van der Waals surface area (Å²) in [6.07, 6.45) is -4.76. The molecule has 1 N–H and O–H groups in total. The molecule has 0 heterocycles. The smallest absolute Gasteiger partial charge is 0.408 e. The zero-order chi connectivity index (χ0) is 26.5. The Morgan fingerprint density at radius 1 is 1.20 bits per heavy atom. The molecule has 0 aliphatic heterocycles. The van der Waals surface area contributed by atoms with Crippen LogP contribution in [-0.4, -0.2) is 35.7 Å². The molecule has 0 radical (unpaired) electrons. The summed E-state index contributed by atoms with van der Waals surface area (Å²) in [5.41, 5.74) is -2.96. The van der Waals surface area contributed by atoms with Gasteiger partial charge in [-0.1, -0.05) is 17.7 Å². The summed E-state index contributed by atoms with van der Waals surface area (Å²) in [7, 11) is 1.03. The fourth-order valence-corrected chi connectivity index (χ4v) is 3.10. The molecular weight excluding hydrogens is 497 g/mol. The van der Waals surface area contributed by atoms with E-state index in [1.54, 1.807) is 20.8 Å². The third-order valence-electron chi connectivity index (χ3n) is 4.37. The third-order valence-corrected chi connectivity index (χ3v) is 4.68. The minimum Gasteiger partial charge on any atom is -0.467 e. The van der Waals surface area contributed by atoms with Gasteiger partial charge in [-0.3, -0.25) is 10.1 Å². The average molecular weight is 519 g/mol. The van der Waals surface area contributed by atoms with E-state index in [4.69, 9.17) is 21.1 Å². The molecule has 35 heavy (non-hydrogen) atoms. The monoisotopic (exact) mass is 518 g/mol.